The highest BCUT2D eigenvalue weighted by molar-refractivity contribution is 5.46. The average molecular weight is 248 g/mol. The van der Waals surface area contributed by atoms with Crippen LogP contribution in [0.25, 0.3) is 0 Å². The van der Waals surface area contributed by atoms with Gasteiger partial charge in [0.2, 0.25) is 0 Å². The van der Waals surface area contributed by atoms with Gasteiger partial charge in [-0.3, -0.25) is 0 Å². The average Bonchev–Trinajstić information content (AvgIpc) is 2.35. The molecule has 1 aliphatic heterocycles. The van der Waals surface area contributed by atoms with Gasteiger partial charge in [0.1, 0.15) is 11.6 Å². The molecule has 4 nitrogen and oxygen atoms in total. The fourth-order valence-electron chi connectivity index (χ4n) is 2.53. The summed E-state index contributed by atoms with van der Waals surface area (Å²) in [5, 5.41) is 3.20. The standard InChI is InChI=1S/C14H24N4/c1-10-5-6-18(9-11(10)2)14-13(7-15-4)8-16-12(3)17-14/h8,10-11,15H,5-7,9H2,1-4H3. The normalized spacial score (nSPS) is 24.3. The van der Waals surface area contributed by atoms with Crippen molar-refractivity contribution in [3.63, 3.8) is 0 Å². The third kappa shape index (κ3) is 2.80. The number of piperidine rings is 1. The molecule has 1 aromatic rings. The van der Waals surface area contributed by atoms with E-state index in [-0.39, 0.29) is 0 Å². The van der Waals surface area contributed by atoms with Crippen molar-refractivity contribution in [1.29, 1.82) is 0 Å². The van der Waals surface area contributed by atoms with Gasteiger partial charge in [0.25, 0.3) is 0 Å². The van der Waals surface area contributed by atoms with Crippen LogP contribution in [-0.4, -0.2) is 30.1 Å². The van der Waals surface area contributed by atoms with Crippen LogP contribution in [0.5, 0.6) is 0 Å². The van der Waals surface area contributed by atoms with E-state index >= 15 is 0 Å². The lowest BCUT2D eigenvalue weighted by molar-refractivity contribution is 0.322. The van der Waals surface area contributed by atoms with E-state index in [1.165, 1.54) is 12.0 Å². The Morgan fingerprint density at radius 2 is 2.17 bits per heavy atom. The number of hydrogen-bond acceptors (Lipinski definition) is 4. The molecule has 1 aromatic heterocycles. The molecule has 1 fully saturated rings. The first kappa shape index (κ1) is 13.3. The number of anilines is 1. The molecule has 0 bridgehead atoms. The Bertz CT molecular complexity index is 405. The molecular formula is C14H24N4. The van der Waals surface area contributed by atoms with Gasteiger partial charge in [0.05, 0.1) is 0 Å². The molecule has 1 N–H and O–H groups in total. The summed E-state index contributed by atoms with van der Waals surface area (Å²) in [5.74, 6) is 3.53. The molecule has 0 spiro atoms. The second-order valence-electron chi connectivity index (χ2n) is 5.49. The summed E-state index contributed by atoms with van der Waals surface area (Å²) in [4.78, 5) is 11.4. The summed E-state index contributed by atoms with van der Waals surface area (Å²) >= 11 is 0. The first-order chi connectivity index (χ1) is 8.61. The van der Waals surface area contributed by atoms with E-state index in [2.05, 4.69) is 34.0 Å². The minimum atomic E-state index is 0.733. The Kier molecular flexibility index (Phi) is 4.17. The Morgan fingerprint density at radius 3 is 2.83 bits per heavy atom. The van der Waals surface area contributed by atoms with Gasteiger partial charge in [-0.25, -0.2) is 9.97 Å². The Morgan fingerprint density at radius 1 is 1.39 bits per heavy atom. The summed E-state index contributed by atoms with van der Waals surface area (Å²) in [6, 6.07) is 0. The van der Waals surface area contributed by atoms with Crippen molar-refractivity contribution >= 4 is 5.82 Å². The van der Waals surface area contributed by atoms with E-state index in [9.17, 15) is 0 Å². The van der Waals surface area contributed by atoms with Gasteiger partial charge in [0.15, 0.2) is 0 Å². The predicted molar refractivity (Wildman–Crippen MR) is 74.7 cm³/mol. The Hall–Kier alpha value is -1.16. The molecule has 0 radical (unpaired) electrons. The molecule has 100 valence electrons. The third-order valence-electron chi connectivity index (χ3n) is 3.96. The quantitative estimate of drug-likeness (QED) is 0.888. The molecule has 2 heterocycles. The Balaban J connectivity index is 2.23. The lowest BCUT2D eigenvalue weighted by Crippen LogP contribution is -2.39. The summed E-state index contributed by atoms with van der Waals surface area (Å²) < 4.78 is 0. The van der Waals surface area contributed by atoms with E-state index in [0.29, 0.717) is 0 Å². The molecule has 0 amide bonds. The molecule has 0 saturated carbocycles. The monoisotopic (exact) mass is 248 g/mol. The van der Waals surface area contributed by atoms with Crippen LogP contribution in [0.15, 0.2) is 6.20 Å². The molecule has 2 atom stereocenters. The number of nitrogens with zero attached hydrogens (tertiary/aromatic N) is 3. The summed E-state index contributed by atoms with van der Waals surface area (Å²) in [7, 11) is 1.96. The van der Waals surface area contributed by atoms with Crippen molar-refractivity contribution in [2.75, 3.05) is 25.0 Å². The van der Waals surface area contributed by atoms with Crippen molar-refractivity contribution in [2.45, 2.75) is 33.7 Å². The second kappa shape index (κ2) is 5.65. The SMILES string of the molecule is CNCc1cnc(C)nc1N1CCC(C)C(C)C1. The second-order valence-corrected chi connectivity index (χ2v) is 5.49. The van der Waals surface area contributed by atoms with E-state index in [1.807, 2.05) is 20.2 Å². The van der Waals surface area contributed by atoms with Gasteiger partial charge < -0.3 is 10.2 Å². The van der Waals surface area contributed by atoms with Crippen LogP contribution in [0.4, 0.5) is 5.82 Å². The molecule has 0 aliphatic carbocycles. The van der Waals surface area contributed by atoms with E-state index in [1.54, 1.807) is 0 Å². The number of aryl methyl sites for hydroxylation is 1. The summed E-state index contributed by atoms with van der Waals surface area (Å²) in [6.07, 6.45) is 3.21. The first-order valence-corrected chi connectivity index (χ1v) is 6.84. The minimum absolute atomic E-state index is 0.733. The summed E-state index contributed by atoms with van der Waals surface area (Å²) in [6.45, 7) is 9.69. The first-order valence-electron chi connectivity index (χ1n) is 6.84. The molecule has 2 unspecified atom stereocenters. The number of hydrogen-bond donors (Lipinski definition) is 1. The zero-order chi connectivity index (χ0) is 13.1. The summed E-state index contributed by atoms with van der Waals surface area (Å²) in [5.41, 5.74) is 1.20. The van der Waals surface area contributed by atoms with Crippen LogP contribution in [0.3, 0.4) is 0 Å². The van der Waals surface area contributed by atoms with Gasteiger partial charge in [-0.05, 0) is 32.2 Å². The lowest BCUT2D eigenvalue weighted by atomic mass is 9.88. The van der Waals surface area contributed by atoms with Gasteiger partial charge >= 0.3 is 0 Å². The van der Waals surface area contributed by atoms with Gasteiger partial charge in [0, 0.05) is 31.4 Å². The number of nitrogens with one attached hydrogen (secondary N) is 1. The molecule has 4 heteroatoms. The largest absolute Gasteiger partial charge is 0.356 e. The van der Waals surface area contributed by atoms with Crippen molar-refractivity contribution in [3.05, 3.63) is 17.6 Å². The van der Waals surface area contributed by atoms with Crippen LogP contribution in [0.2, 0.25) is 0 Å². The fraction of sp³-hybridized carbons (Fsp3) is 0.714. The molecule has 1 aliphatic rings. The van der Waals surface area contributed by atoms with Crippen LogP contribution >= 0.6 is 0 Å². The van der Waals surface area contributed by atoms with Gasteiger partial charge in [-0.2, -0.15) is 0 Å². The fourth-order valence-corrected chi connectivity index (χ4v) is 2.53. The van der Waals surface area contributed by atoms with Crippen LogP contribution in [0.1, 0.15) is 31.7 Å². The van der Waals surface area contributed by atoms with E-state index < -0.39 is 0 Å². The van der Waals surface area contributed by atoms with Gasteiger partial charge in [-0.15, -0.1) is 0 Å². The molecule has 1 saturated heterocycles. The predicted octanol–water partition coefficient (Wildman–Crippen LogP) is 1.99. The Labute approximate surface area is 110 Å². The maximum Gasteiger partial charge on any atom is 0.136 e. The molecule has 18 heavy (non-hydrogen) atoms. The highest BCUT2D eigenvalue weighted by atomic mass is 15.2. The highest BCUT2D eigenvalue weighted by Crippen LogP contribution is 2.27. The lowest BCUT2D eigenvalue weighted by Gasteiger charge is -2.36. The number of aromatic nitrogens is 2. The number of rotatable bonds is 3. The molecule has 0 aromatic carbocycles. The zero-order valence-corrected chi connectivity index (χ0v) is 11.9. The van der Waals surface area contributed by atoms with E-state index in [4.69, 9.17) is 0 Å². The van der Waals surface area contributed by atoms with Crippen LogP contribution in [-0.2, 0) is 6.54 Å². The highest BCUT2D eigenvalue weighted by Gasteiger charge is 2.25. The minimum Gasteiger partial charge on any atom is -0.356 e. The topological polar surface area (TPSA) is 41.1 Å². The smallest absolute Gasteiger partial charge is 0.136 e. The zero-order valence-electron chi connectivity index (χ0n) is 11.9. The van der Waals surface area contributed by atoms with Crippen molar-refractivity contribution in [2.24, 2.45) is 11.8 Å². The maximum atomic E-state index is 4.65. The van der Waals surface area contributed by atoms with Gasteiger partial charge in [-0.1, -0.05) is 13.8 Å². The van der Waals surface area contributed by atoms with Crippen molar-refractivity contribution < 1.29 is 0 Å². The third-order valence-corrected chi connectivity index (χ3v) is 3.96. The van der Waals surface area contributed by atoms with Crippen molar-refractivity contribution in [3.8, 4) is 0 Å². The van der Waals surface area contributed by atoms with E-state index in [0.717, 1.165) is 43.1 Å². The van der Waals surface area contributed by atoms with Crippen LogP contribution in [0, 0.1) is 18.8 Å². The maximum absolute atomic E-state index is 4.65. The molecular weight excluding hydrogens is 224 g/mol. The van der Waals surface area contributed by atoms with Crippen molar-refractivity contribution in [1.82, 2.24) is 15.3 Å². The van der Waals surface area contributed by atoms with Crippen LogP contribution < -0.4 is 10.2 Å². The molecule has 2 rings (SSSR count).